The molecule has 0 bridgehead atoms. The van der Waals surface area contributed by atoms with E-state index in [1.807, 2.05) is 43.1 Å². The molecule has 7 heteroatoms. The van der Waals surface area contributed by atoms with Crippen molar-refractivity contribution in [3.8, 4) is 22.4 Å². The number of carbonyl (C=O) groups is 2. The van der Waals surface area contributed by atoms with E-state index in [0.29, 0.717) is 6.54 Å². The van der Waals surface area contributed by atoms with Crippen molar-refractivity contribution >= 4 is 12.0 Å². The summed E-state index contributed by atoms with van der Waals surface area (Å²) in [5.41, 5.74) is 4.29. The Morgan fingerprint density at radius 2 is 1.73 bits per heavy atom. The lowest BCUT2D eigenvalue weighted by atomic mass is 10.0. The van der Waals surface area contributed by atoms with Gasteiger partial charge in [0.1, 0.15) is 11.9 Å². The number of nitrogens with one attached hydrogen (secondary N) is 2. The lowest BCUT2D eigenvalue weighted by molar-refractivity contribution is -0.135. The number of hydrogen-bond donors (Lipinski definition) is 2. The first kappa shape index (κ1) is 22.6. The number of methoxy groups -OCH3 is 1. The van der Waals surface area contributed by atoms with E-state index in [0.717, 1.165) is 35.5 Å². The van der Waals surface area contributed by atoms with Crippen LogP contribution < -0.4 is 5.32 Å². The zero-order chi connectivity index (χ0) is 23.4. The maximum absolute atomic E-state index is 13.3. The molecule has 1 fully saturated rings. The van der Waals surface area contributed by atoms with Gasteiger partial charge in [0.2, 0.25) is 5.91 Å². The number of nitrogens with zero attached hydrogens (tertiary/aromatic N) is 2. The topological polar surface area (TPSA) is 87.3 Å². The smallest absolute Gasteiger partial charge is 0.407 e. The second-order valence-corrected chi connectivity index (χ2v) is 8.67. The Morgan fingerprint density at radius 3 is 2.39 bits per heavy atom. The number of aromatic amines is 1. The predicted molar refractivity (Wildman–Crippen MR) is 127 cm³/mol. The Kier molecular flexibility index (Phi) is 6.77. The number of ether oxygens (including phenoxy) is 1. The molecule has 0 saturated carbocycles. The van der Waals surface area contributed by atoms with E-state index in [-0.39, 0.29) is 17.9 Å². The fourth-order valence-corrected chi connectivity index (χ4v) is 4.32. The summed E-state index contributed by atoms with van der Waals surface area (Å²) in [5, 5.41) is 2.68. The van der Waals surface area contributed by atoms with Gasteiger partial charge in [0, 0.05) is 6.54 Å². The van der Waals surface area contributed by atoms with Crippen LogP contribution in [0.3, 0.4) is 0 Å². The molecular weight excluding hydrogens is 416 g/mol. The van der Waals surface area contributed by atoms with E-state index in [1.54, 1.807) is 0 Å². The van der Waals surface area contributed by atoms with Crippen molar-refractivity contribution in [2.75, 3.05) is 13.7 Å². The van der Waals surface area contributed by atoms with Crippen LogP contribution in [0.2, 0.25) is 0 Å². The SMILES string of the molecule is COC(=O)N[C@@H](C(=O)N1CCC[C@@H]1c1ncc(-c2ccc(-c3ccccc3)cc2)[nH]1)C(C)C. The zero-order valence-corrected chi connectivity index (χ0v) is 19.2. The van der Waals surface area contributed by atoms with Gasteiger partial charge in [-0.3, -0.25) is 4.79 Å². The highest BCUT2D eigenvalue weighted by Crippen LogP contribution is 2.33. The summed E-state index contributed by atoms with van der Waals surface area (Å²) < 4.78 is 4.70. The van der Waals surface area contributed by atoms with Crippen molar-refractivity contribution in [2.45, 2.75) is 38.8 Å². The van der Waals surface area contributed by atoms with Gasteiger partial charge in [0.25, 0.3) is 0 Å². The minimum Gasteiger partial charge on any atom is -0.453 e. The molecule has 0 aliphatic carbocycles. The van der Waals surface area contributed by atoms with Gasteiger partial charge < -0.3 is 19.9 Å². The lowest BCUT2D eigenvalue weighted by Gasteiger charge is -2.30. The van der Waals surface area contributed by atoms with E-state index in [4.69, 9.17) is 4.74 Å². The number of rotatable bonds is 6. The van der Waals surface area contributed by atoms with E-state index in [1.165, 1.54) is 12.7 Å². The minimum atomic E-state index is -0.641. The van der Waals surface area contributed by atoms with Gasteiger partial charge in [0.05, 0.1) is 25.0 Å². The quantitative estimate of drug-likeness (QED) is 0.570. The molecule has 4 rings (SSSR count). The number of imidazole rings is 1. The number of carbonyl (C=O) groups excluding carboxylic acids is 2. The van der Waals surface area contributed by atoms with Crippen molar-refractivity contribution in [2.24, 2.45) is 5.92 Å². The average molecular weight is 447 g/mol. The van der Waals surface area contributed by atoms with Gasteiger partial charge in [-0.2, -0.15) is 0 Å². The lowest BCUT2D eigenvalue weighted by Crippen LogP contribution is -2.51. The first-order chi connectivity index (χ1) is 16.0. The van der Waals surface area contributed by atoms with Crippen LogP contribution in [-0.2, 0) is 9.53 Å². The molecule has 1 saturated heterocycles. The highest BCUT2D eigenvalue weighted by atomic mass is 16.5. The third-order valence-electron chi connectivity index (χ3n) is 6.14. The molecule has 3 aromatic rings. The molecular formula is C26H30N4O3. The molecule has 0 radical (unpaired) electrons. The number of benzene rings is 2. The molecule has 2 aromatic carbocycles. The van der Waals surface area contributed by atoms with Crippen LogP contribution >= 0.6 is 0 Å². The molecule has 1 aliphatic rings. The molecule has 2 amide bonds. The highest BCUT2D eigenvalue weighted by molar-refractivity contribution is 5.86. The summed E-state index contributed by atoms with van der Waals surface area (Å²) in [5.74, 6) is 0.597. The van der Waals surface area contributed by atoms with E-state index in [2.05, 4.69) is 51.7 Å². The monoisotopic (exact) mass is 446 g/mol. The molecule has 2 N–H and O–H groups in total. The van der Waals surface area contributed by atoms with Crippen LogP contribution in [0, 0.1) is 5.92 Å². The summed E-state index contributed by atoms with van der Waals surface area (Å²) in [6.45, 7) is 4.46. The van der Waals surface area contributed by atoms with Gasteiger partial charge in [-0.05, 0) is 35.4 Å². The van der Waals surface area contributed by atoms with Crippen LogP contribution in [0.5, 0.6) is 0 Å². The van der Waals surface area contributed by atoms with Crippen LogP contribution in [-0.4, -0.2) is 46.6 Å². The fourth-order valence-electron chi connectivity index (χ4n) is 4.32. The second-order valence-electron chi connectivity index (χ2n) is 8.67. The fraction of sp³-hybridized carbons (Fsp3) is 0.346. The van der Waals surface area contributed by atoms with E-state index in [9.17, 15) is 9.59 Å². The Bertz CT molecular complexity index is 1090. The number of aromatic nitrogens is 2. The summed E-state index contributed by atoms with van der Waals surface area (Å²) in [6, 6.07) is 17.8. The number of amides is 2. The highest BCUT2D eigenvalue weighted by Gasteiger charge is 2.37. The molecule has 172 valence electrons. The molecule has 0 unspecified atom stereocenters. The van der Waals surface area contributed by atoms with Gasteiger partial charge in [-0.15, -0.1) is 0 Å². The van der Waals surface area contributed by atoms with E-state index >= 15 is 0 Å². The Hall–Kier alpha value is -3.61. The third-order valence-corrected chi connectivity index (χ3v) is 6.14. The molecule has 7 nitrogen and oxygen atoms in total. The first-order valence-corrected chi connectivity index (χ1v) is 11.3. The molecule has 2 heterocycles. The number of hydrogen-bond acceptors (Lipinski definition) is 4. The standard InChI is InChI=1S/C26H30N4O3/c1-17(2)23(29-26(32)33-3)25(31)30-15-7-10-22(30)24-27-16-21(28-24)20-13-11-19(12-14-20)18-8-5-4-6-9-18/h4-6,8-9,11-14,16-17,22-23H,7,10,15H2,1-3H3,(H,27,28)(H,29,32)/t22-,23-/m1/s1. The van der Waals surface area contributed by atoms with Crippen molar-refractivity contribution < 1.29 is 14.3 Å². The normalized spacial score (nSPS) is 16.6. The van der Waals surface area contributed by atoms with Crippen molar-refractivity contribution in [1.29, 1.82) is 0 Å². The van der Waals surface area contributed by atoms with Crippen LogP contribution in [0.1, 0.15) is 38.6 Å². The first-order valence-electron chi connectivity index (χ1n) is 11.3. The number of likely N-dealkylation sites (tertiary alicyclic amines) is 1. The van der Waals surface area contributed by atoms with Crippen LogP contribution in [0.15, 0.2) is 60.8 Å². The zero-order valence-electron chi connectivity index (χ0n) is 19.2. The maximum Gasteiger partial charge on any atom is 0.407 e. The minimum absolute atomic E-state index is 0.0619. The Balaban J connectivity index is 1.51. The third kappa shape index (κ3) is 4.92. The van der Waals surface area contributed by atoms with Gasteiger partial charge in [-0.1, -0.05) is 68.4 Å². The maximum atomic E-state index is 13.3. The number of H-pyrrole nitrogens is 1. The van der Waals surface area contributed by atoms with E-state index < -0.39 is 12.1 Å². The van der Waals surface area contributed by atoms with Gasteiger partial charge in [0.15, 0.2) is 0 Å². The summed E-state index contributed by atoms with van der Waals surface area (Å²) in [7, 11) is 1.30. The number of alkyl carbamates (subject to hydrolysis) is 1. The Labute approximate surface area is 194 Å². The molecule has 2 atom stereocenters. The molecule has 1 aromatic heterocycles. The Morgan fingerprint density at radius 1 is 1.06 bits per heavy atom. The second kappa shape index (κ2) is 9.90. The van der Waals surface area contributed by atoms with Gasteiger partial charge >= 0.3 is 6.09 Å². The van der Waals surface area contributed by atoms with Crippen LogP contribution in [0.4, 0.5) is 4.79 Å². The predicted octanol–water partition coefficient (Wildman–Crippen LogP) is 4.79. The molecule has 0 spiro atoms. The largest absolute Gasteiger partial charge is 0.453 e. The summed E-state index contributed by atoms with van der Waals surface area (Å²) >= 11 is 0. The summed E-state index contributed by atoms with van der Waals surface area (Å²) in [4.78, 5) is 34.9. The average Bonchev–Trinajstić information content (AvgIpc) is 3.52. The van der Waals surface area contributed by atoms with Crippen molar-refractivity contribution in [3.05, 3.63) is 66.6 Å². The molecule has 1 aliphatic heterocycles. The summed E-state index contributed by atoms with van der Waals surface area (Å²) in [6.07, 6.45) is 2.94. The molecule has 33 heavy (non-hydrogen) atoms. The van der Waals surface area contributed by atoms with Crippen molar-refractivity contribution in [1.82, 2.24) is 20.2 Å². The van der Waals surface area contributed by atoms with Gasteiger partial charge in [-0.25, -0.2) is 9.78 Å². The van der Waals surface area contributed by atoms with Crippen LogP contribution in [0.25, 0.3) is 22.4 Å². The van der Waals surface area contributed by atoms with Crippen molar-refractivity contribution in [3.63, 3.8) is 0 Å².